The molecule has 0 radical (unpaired) electrons. The molecule has 0 N–H and O–H groups in total. The van der Waals surface area contributed by atoms with E-state index in [9.17, 15) is 17.7 Å². The summed E-state index contributed by atoms with van der Waals surface area (Å²) in [6, 6.07) is 0. The van der Waals surface area contributed by atoms with Crippen LogP contribution >= 0.6 is 0 Å². The molecule has 0 bridgehead atoms. The van der Waals surface area contributed by atoms with Crippen molar-refractivity contribution in [3.05, 3.63) is 0 Å². The Balaban J connectivity index is 2.43. The number of unbranched alkanes of at least 4 members (excludes halogenated alkanes) is 3. The van der Waals surface area contributed by atoms with Crippen LogP contribution in [0, 0.1) is 0 Å². The van der Waals surface area contributed by atoms with Gasteiger partial charge in [0.1, 0.15) is 6.34 Å². The van der Waals surface area contributed by atoms with Gasteiger partial charge in [0.15, 0.2) is 0 Å². The maximum atomic E-state index is 12.8. The first kappa shape index (κ1) is 13.1. The normalized spacial score (nSPS) is 20.9. The summed E-state index contributed by atoms with van der Waals surface area (Å²) in [6.07, 6.45) is -2.93. The Morgan fingerprint density at radius 2 is 1.94 bits per heavy atom. The summed E-state index contributed by atoms with van der Waals surface area (Å²) in [5.41, 5.74) is 0. The minimum Gasteiger partial charge on any atom is -0.262 e. The van der Waals surface area contributed by atoms with Crippen molar-refractivity contribution in [3.8, 4) is 0 Å². The SMILES string of the molecule is CCCCCCN1N=CN(F)C1C(F)(F)F. The zero-order valence-corrected chi connectivity index (χ0v) is 9.04. The fourth-order valence-electron chi connectivity index (χ4n) is 1.56. The Hall–Kier alpha value is -1.01. The van der Waals surface area contributed by atoms with Crippen LogP contribution in [-0.4, -0.2) is 35.4 Å². The molecule has 94 valence electrons. The van der Waals surface area contributed by atoms with Gasteiger partial charge in [-0.2, -0.15) is 23.4 Å². The van der Waals surface area contributed by atoms with E-state index in [0.717, 1.165) is 24.3 Å². The van der Waals surface area contributed by atoms with Gasteiger partial charge in [-0.25, -0.2) is 0 Å². The zero-order chi connectivity index (χ0) is 12.2. The Labute approximate surface area is 91.6 Å². The number of hydrogen-bond acceptors (Lipinski definition) is 3. The van der Waals surface area contributed by atoms with Crippen molar-refractivity contribution < 1.29 is 17.7 Å². The molecule has 0 aromatic rings. The number of hydrogen-bond donors (Lipinski definition) is 0. The molecule has 3 nitrogen and oxygen atoms in total. The Morgan fingerprint density at radius 3 is 2.50 bits per heavy atom. The fourth-order valence-corrected chi connectivity index (χ4v) is 1.56. The van der Waals surface area contributed by atoms with Crippen LogP contribution in [0.4, 0.5) is 17.7 Å². The monoisotopic (exact) mass is 241 g/mol. The first-order valence-electron chi connectivity index (χ1n) is 5.28. The maximum Gasteiger partial charge on any atom is 0.431 e. The van der Waals surface area contributed by atoms with Gasteiger partial charge in [-0.15, -0.1) is 0 Å². The van der Waals surface area contributed by atoms with Crippen molar-refractivity contribution in [2.75, 3.05) is 6.54 Å². The van der Waals surface area contributed by atoms with Gasteiger partial charge in [0.2, 0.25) is 6.17 Å². The van der Waals surface area contributed by atoms with Gasteiger partial charge < -0.3 is 0 Å². The van der Waals surface area contributed by atoms with Crippen molar-refractivity contribution in [3.63, 3.8) is 0 Å². The molecule has 0 aliphatic carbocycles. The fraction of sp³-hybridized carbons (Fsp3) is 0.889. The number of halogens is 4. The lowest BCUT2D eigenvalue weighted by atomic mass is 10.2. The van der Waals surface area contributed by atoms with Crippen LogP contribution in [0.25, 0.3) is 0 Å². The van der Waals surface area contributed by atoms with Crippen molar-refractivity contribution in [1.29, 1.82) is 0 Å². The molecule has 0 fully saturated rings. The molecule has 0 saturated carbocycles. The van der Waals surface area contributed by atoms with Crippen molar-refractivity contribution in [2.45, 2.75) is 44.9 Å². The molecule has 1 heterocycles. The van der Waals surface area contributed by atoms with Gasteiger partial charge in [0.25, 0.3) is 0 Å². The van der Waals surface area contributed by atoms with E-state index in [2.05, 4.69) is 5.10 Å². The minimum absolute atomic E-state index is 0.126. The van der Waals surface area contributed by atoms with Crippen LogP contribution in [0.15, 0.2) is 5.10 Å². The van der Waals surface area contributed by atoms with E-state index in [1.807, 2.05) is 6.92 Å². The Morgan fingerprint density at radius 1 is 1.25 bits per heavy atom. The molecular weight excluding hydrogens is 226 g/mol. The summed E-state index contributed by atoms with van der Waals surface area (Å²) >= 11 is 0. The lowest BCUT2D eigenvalue weighted by Gasteiger charge is -2.26. The Kier molecular flexibility index (Phi) is 4.37. The molecule has 1 rings (SSSR count). The van der Waals surface area contributed by atoms with E-state index >= 15 is 0 Å². The van der Waals surface area contributed by atoms with Crippen molar-refractivity contribution in [2.24, 2.45) is 5.10 Å². The predicted octanol–water partition coefficient (Wildman–Crippen LogP) is 2.90. The zero-order valence-electron chi connectivity index (χ0n) is 9.04. The molecule has 16 heavy (non-hydrogen) atoms. The maximum absolute atomic E-state index is 12.8. The smallest absolute Gasteiger partial charge is 0.262 e. The molecule has 0 spiro atoms. The van der Waals surface area contributed by atoms with Crippen LogP contribution in [0.1, 0.15) is 32.6 Å². The topological polar surface area (TPSA) is 18.8 Å². The van der Waals surface area contributed by atoms with E-state index in [-0.39, 0.29) is 6.54 Å². The highest BCUT2D eigenvalue weighted by Crippen LogP contribution is 2.30. The average Bonchev–Trinajstić information content (AvgIpc) is 2.54. The summed E-state index contributed by atoms with van der Waals surface area (Å²) in [7, 11) is 0. The quantitative estimate of drug-likeness (QED) is 0.418. The molecule has 1 aliphatic heterocycles. The number of hydrazone groups is 1. The van der Waals surface area contributed by atoms with Crippen LogP contribution in [0.3, 0.4) is 0 Å². The van der Waals surface area contributed by atoms with E-state index in [1.54, 1.807) is 0 Å². The van der Waals surface area contributed by atoms with Gasteiger partial charge in [0.05, 0.1) is 0 Å². The molecule has 1 aliphatic rings. The van der Waals surface area contributed by atoms with E-state index < -0.39 is 17.5 Å². The highest BCUT2D eigenvalue weighted by molar-refractivity contribution is 5.55. The average molecular weight is 241 g/mol. The van der Waals surface area contributed by atoms with Gasteiger partial charge >= 0.3 is 6.18 Å². The lowest BCUT2D eigenvalue weighted by Crippen LogP contribution is -2.47. The van der Waals surface area contributed by atoms with Crippen LogP contribution in [-0.2, 0) is 0 Å². The van der Waals surface area contributed by atoms with E-state index in [4.69, 9.17) is 0 Å². The molecule has 1 atom stereocenters. The summed E-state index contributed by atoms with van der Waals surface area (Å²) in [5.74, 6) is 0. The lowest BCUT2D eigenvalue weighted by molar-refractivity contribution is -0.232. The molecule has 0 aromatic carbocycles. The third-order valence-electron chi connectivity index (χ3n) is 2.36. The van der Waals surface area contributed by atoms with E-state index in [0.29, 0.717) is 12.8 Å². The summed E-state index contributed by atoms with van der Waals surface area (Å²) < 4.78 is 50.1. The highest BCUT2D eigenvalue weighted by Gasteiger charge is 2.50. The third kappa shape index (κ3) is 3.24. The number of nitrogens with zero attached hydrogens (tertiary/aromatic N) is 3. The molecule has 0 aromatic heterocycles. The van der Waals surface area contributed by atoms with Gasteiger partial charge in [-0.05, 0) is 6.42 Å². The second-order valence-corrected chi connectivity index (χ2v) is 3.71. The van der Waals surface area contributed by atoms with Gasteiger partial charge in [-0.3, -0.25) is 5.01 Å². The third-order valence-corrected chi connectivity index (χ3v) is 2.36. The highest BCUT2D eigenvalue weighted by atomic mass is 19.4. The van der Waals surface area contributed by atoms with Gasteiger partial charge in [0, 0.05) is 6.54 Å². The van der Waals surface area contributed by atoms with Gasteiger partial charge in [-0.1, -0.05) is 30.7 Å². The van der Waals surface area contributed by atoms with Crippen LogP contribution in [0.2, 0.25) is 0 Å². The first-order chi connectivity index (χ1) is 7.46. The minimum atomic E-state index is -4.63. The van der Waals surface area contributed by atoms with Crippen LogP contribution < -0.4 is 0 Å². The molecule has 0 amide bonds. The molecule has 7 heteroatoms. The largest absolute Gasteiger partial charge is 0.431 e. The molecule has 1 unspecified atom stereocenters. The van der Waals surface area contributed by atoms with E-state index in [1.165, 1.54) is 0 Å². The second kappa shape index (κ2) is 5.36. The standard InChI is InChI=1S/C9H15F4N3/c1-2-3-4-5-6-16-8(9(10,11)12)15(13)7-14-16/h7-8H,2-6H2,1H3. The summed E-state index contributed by atoms with van der Waals surface area (Å²) in [4.78, 5) is 0. The Bertz CT molecular complexity index is 241. The summed E-state index contributed by atoms with van der Waals surface area (Å²) in [5, 5.41) is 3.74. The number of rotatable bonds is 5. The molecule has 0 saturated heterocycles. The number of alkyl halides is 3. The predicted molar refractivity (Wildman–Crippen MR) is 52.1 cm³/mol. The van der Waals surface area contributed by atoms with Crippen molar-refractivity contribution >= 4 is 6.34 Å². The first-order valence-corrected chi connectivity index (χ1v) is 5.28. The van der Waals surface area contributed by atoms with Crippen LogP contribution in [0.5, 0.6) is 0 Å². The summed E-state index contributed by atoms with van der Waals surface area (Å²) in [6.45, 7) is 2.14. The van der Waals surface area contributed by atoms with Crippen molar-refractivity contribution in [1.82, 2.24) is 10.1 Å². The second-order valence-electron chi connectivity index (χ2n) is 3.71. The molecular formula is C9H15F4N3.